The molecule has 3 aromatic carbocycles. The smallest absolute Gasteiger partial charge is 0.291 e. The van der Waals surface area contributed by atoms with Crippen LogP contribution in [0.1, 0.15) is 16.1 Å². The average molecular weight is 370 g/mol. The van der Waals surface area contributed by atoms with Crippen LogP contribution in [0.25, 0.3) is 10.8 Å². The molecule has 0 saturated heterocycles. The molecule has 0 bridgehead atoms. The molecule has 0 unspecified atom stereocenters. The second kappa shape index (κ2) is 7.80. The molecule has 1 heterocycles. The molecule has 0 aliphatic rings. The Morgan fingerprint density at radius 3 is 2.18 bits per heavy atom. The van der Waals surface area contributed by atoms with Gasteiger partial charge in [0.25, 0.3) is 5.91 Å². The summed E-state index contributed by atoms with van der Waals surface area (Å²) in [7, 11) is 0. The van der Waals surface area contributed by atoms with Gasteiger partial charge in [-0.05, 0) is 52.7 Å². The van der Waals surface area contributed by atoms with E-state index in [2.05, 4.69) is 10.6 Å². The van der Waals surface area contributed by atoms with Gasteiger partial charge >= 0.3 is 0 Å². The van der Waals surface area contributed by atoms with Gasteiger partial charge in [0, 0.05) is 11.4 Å². The number of nitrogens with one attached hydrogen (secondary N) is 2. The van der Waals surface area contributed by atoms with Crippen molar-refractivity contribution in [2.75, 3.05) is 10.6 Å². The van der Waals surface area contributed by atoms with Gasteiger partial charge in [-0.2, -0.15) is 0 Å². The zero-order chi connectivity index (χ0) is 19.3. The van der Waals surface area contributed by atoms with E-state index in [1.165, 1.54) is 6.26 Å². The van der Waals surface area contributed by atoms with Crippen molar-refractivity contribution in [3.63, 3.8) is 0 Å². The highest BCUT2D eigenvalue weighted by molar-refractivity contribution is 6.02. The quantitative estimate of drug-likeness (QED) is 0.527. The van der Waals surface area contributed by atoms with E-state index in [9.17, 15) is 9.59 Å². The molecule has 4 aromatic rings. The second-order valence-corrected chi connectivity index (χ2v) is 6.42. The lowest BCUT2D eigenvalue weighted by atomic mass is 10.0. The maximum absolute atomic E-state index is 12.3. The van der Waals surface area contributed by atoms with Gasteiger partial charge in [0.1, 0.15) is 0 Å². The summed E-state index contributed by atoms with van der Waals surface area (Å²) < 4.78 is 5.06. The molecule has 138 valence electrons. The first kappa shape index (κ1) is 17.5. The largest absolute Gasteiger partial charge is 0.459 e. The van der Waals surface area contributed by atoms with E-state index >= 15 is 0 Å². The highest BCUT2D eigenvalue weighted by Crippen LogP contribution is 2.18. The van der Waals surface area contributed by atoms with Gasteiger partial charge in [-0.25, -0.2) is 0 Å². The molecule has 28 heavy (non-hydrogen) atoms. The van der Waals surface area contributed by atoms with Crippen LogP contribution in [0.4, 0.5) is 11.4 Å². The van der Waals surface area contributed by atoms with Gasteiger partial charge in [0.2, 0.25) is 5.91 Å². The third-order valence-corrected chi connectivity index (χ3v) is 4.35. The number of rotatable bonds is 5. The number of amides is 2. The van der Waals surface area contributed by atoms with Crippen molar-refractivity contribution in [1.29, 1.82) is 0 Å². The van der Waals surface area contributed by atoms with Gasteiger partial charge in [0.15, 0.2) is 5.76 Å². The van der Waals surface area contributed by atoms with Crippen LogP contribution in [0.5, 0.6) is 0 Å². The first-order valence-electron chi connectivity index (χ1n) is 8.90. The standard InChI is InChI=1S/C23H18N2O3/c26-22(15-16-7-8-17-4-1-2-5-18(17)14-16)24-19-9-11-20(12-10-19)25-23(27)21-6-3-13-28-21/h1-14H,15H2,(H,24,26)(H,25,27). The topological polar surface area (TPSA) is 71.3 Å². The Bertz CT molecular complexity index is 1120. The predicted octanol–water partition coefficient (Wildman–Crippen LogP) is 4.87. The average Bonchev–Trinajstić information content (AvgIpc) is 3.24. The van der Waals surface area contributed by atoms with Gasteiger partial charge in [-0.15, -0.1) is 0 Å². The molecular formula is C23H18N2O3. The van der Waals surface area contributed by atoms with Crippen LogP contribution < -0.4 is 10.6 Å². The monoisotopic (exact) mass is 370 g/mol. The Hall–Kier alpha value is -3.86. The van der Waals surface area contributed by atoms with Crippen molar-refractivity contribution in [3.8, 4) is 0 Å². The summed E-state index contributed by atoms with van der Waals surface area (Å²) in [6.45, 7) is 0. The first-order chi connectivity index (χ1) is 13.7. The molecule has 5 heteroatoms. The third kappa shape index (κ3) is 4.10. The SMILES string of the molecule is O=C(Cc1ccc2ccccc2c1)Nc1ccc(NC(=O)c2ccco2)cc1. The lowest BCUT2D eigenvalue weighted by molar-refractivity contribution is -0.115. The van der Waals surface area contributed by atoms with E-state index < -0.39 is 0 Å². The molecule has 0 spiro atoms. The highest BCUT2D eigenvalue weighted by Gasteiger charge is 2.09. The molecule has 0 aliphatic heterocycles. The number of carbonyl (C=O) groups excluding carboxylic acids is 2. The van der Waals surface area contributed by atoms with Crippen LogP contribution in [-0.2, 0) is 11.2 Å². The van der Waals surface area contributed by atoms with Crippen molar-refractivity contribution >= 4 is 34.0 Å². The Morgan fingerprint density at radius 2 is 1.46 bits per heavy atom. The van der Waals surface area contributed by atoms with Crippen LogP contribution >= 0.6 is 0 Å². The van der Waals surface area contributed by atoms with E-state index in [1.54, 1.807) is 36.4 Å². The minimum atomic E-state index is -0.321. The summed E-state index contributed by atoms with van der Waals surface area (Å²) in [5.41, 5.74) is 2.24. The van der Waals surface area contributed by atoms with E-state index in [-0.39, 0.29) is 17.6 Å². The first-order valence-corrected chi connectivity index (χ1v) is 8.90. The zero-order valence-electron chi connectivity index (χ0n) is 15.0. The number of anilines is 2. The fourth-order valence-electron chi connectivity index (χ4n) is 2.98. The maximum Gasteiger partial charge on any atom is 0.291 e. The van der Waals surface area contributed by atoms with Crippen molar-refractivity contribution in [1.82, 2.24) is 0 Å². The van der Waals surface area contributed by atoms with E-state index in [4.69, 9.17) is 4.42 Å². The lowest BCUT2D eigenvalue weighted by Crippen LogP contribution is -2.14. The number of furan rings is 1. The number of fused-ring (bicyclic) bond motifs is 1. The van der Waals surface area contributed by atoms with Crippen LogP contribution in [0, 0.1) is 0 Å². The predicted molar refractivity (Wildman–Crippen MR) is 109 cm³/mol. The highest BCUT2D eigenvalue weighted by atomic mass is 16.3. The van der Waals surface area contributed by atoms with E-state index in [0.29, 0.717) is 17.8 Å². The van der Waals surface area contributed by atoms with Crippen LogP contribution in [0.3, 0.4) is 0 Å². The van der Waals surface area contributed by atoms with Crippen molar-refractivity contribution in [2.24, 2.45) is 0 Å². The Balaban J connectivity index is 1.36. The van der Waals surface area contributed by atoms with Gasteiger partial charge < -0.3 is 15.1 Å². The molecule has 2 N–H and O–H groups in total. The lowest BCUT2D eigenvalue weighted by Gasteiger charge is -2.08. The molecule has 1 aromatic heterocycles. The zero-order valence-corrected chi connectivity index (χ0v) is 15.0. The van der Waals surface area contributed by atoms with Crippen molar-refractivity contribution in [3.05, 3.63) is 96.4 Å². The molecule has 0 saturated carbocycles. The minimum Gasteiger partial charge on any atom is -0.459 e. The summed E-state index contributed by atoms with van der Waals surface area (Å²) in [6, 6.07) is 24.3. The summed E-state index contributed by atoms with van der Waals surface area (Å²) in [6.07, 6.45) is 1.74. The number of hydrogen-bond acceptors (Lipinski definition) is 3. The van der Waals surface area contributed by atoms with E-state index in [1.807, 2.05) is 42.5 Å². The molecule has 2 amide bonds. The minimum absolute atomic E-state index is 0.0948. The molecule has 5 nitrogen and oxygen atoms in total. The molecule has 0 radical (unpaired) electrons. The molecule has 4 rings (SSSR count). The Labute approximate surface area is 162 Å². The molecule has 0 atom stereocenters. The van der Waals surface area contributed by atoms with Gasteiger partial charge in [-0.3, -0.25) is 9.59 Å². The normalized spacial score (nSPS) is 10.6. The summed E-state index contributed by atoms with van der Waals surface area (Å²) in [4.78, 5) is 24.3. The summed E-state index contributed by atoms with van der Waals surface area (Å²) in [5.74, 6) is -0.173. The fourth-order valence-corrected chi connectivity index (χ4v) is 2.98. The number of hydrogen-bond donors (Lipinski definition) is 2. The Morgan fingerprint density at radius 1 is 0.750 bits per heavy atom. The summed E-state index contributed by atoms with van der Waals surface area (Å²) >= 11 is 0. The second-order valence-electron chi connectivity index (χ2n) is 6.42. The van der Waals surface area contributed by atoms with Crippen LogP contribution in [-0.4, -0.2) is 11.8 Å². The van der Waals surface area contributed by atoms with Crippen molar-refractivity contribution < 1.29 is 14.0 Å². The van der Waals surface area contributed by atoms with Gasteiger partial charge in [0.05, 0.1) is 12.7 Å². The van der Waals surface area contributed by atoms with Gasteiger partial charge in [-0.1, -0.05) is 42.5 Å². The number of benzene rings is 3. The molecular weight excluding hydrogens is 352 g/mol. The molecule has 0 fully saturated rings. The maximum atomic E-state index is 12.3. The summed E-state index contributed by atoms with van der Waals surface area (Å²) in [5, 5.41) is 7.88. The fraction of sp³-hybridized carbons (Fsp3) is 0.0435. The molecule has 0 aliphatic carbocycles. The van der Waals surface area contributed by atoms with Crippen LogP contribution in [0.2, 0.25) is 0 Å². The van der Waals surface area contributed by atoms with E-state index in [0.717, 1.165) is 16.3 Å². The number of carbonyl (C=O) groups is 2. The van der Waals surface area contributed by atoms with Crippen molar-refractivity contribution in [2.45, 2.75) is 6.42 Å². The van der Waals surface area contributed by atoms with Crippen LogP contribution in [0.15, 0.2) is 89.5 Å². The Kier molecular flexibility index (Phi) is 4.89. The third-order valence-electron chi connectivity index (χ3n) is 4.35.